The van der Waals surface area contributed by atoms with Crippen LogP contribution in [0.5, 0.6) is 0 Å². The van der Waals surface area contributed by atoms with Crippen LogP contribution >= 0.6 is 22.6 Å². The number of hydrogen-bond acceptors (Lipinski definition) is 4. The number of amides is 1. The first-order valence-corrected chi connectivity index (χ1v) is 13.2. The first-order valence-electron chi connectivity index (χ1n) is 10.5. The molecule has 2 fully saturated rings. The average molecular weight is 587 g/mol. The molecule has 2 aliphatic rings. The molecule has 32 heavy (non-hydrogen) atoms. The highest BCUT2D eigenvalue weighted by Gasteiger charge is 2.46. The molecular weight excluding hydrogens is 558 g/mol. The van der Waals surface area contributed by atoms with E-state index in [1.54, 1.807) is 4.90 Å². The monoisotopic (exact) mass is 587 g/mol. The fourth-order valence-electron chi connectivity index (χ4n) is 3.90. The van der Waals surface area contributed by atoms with Crippen molar-refractivity contribution >= 4 is 38.5 Å². The van der Waals surface area contributed by atoms with E-state index < -0.39 is 33.2 Å². The van der Waals surface area contributed by atoms with Crippen molar-refractivity contribution in [2.45, 2.75) is 79.7 Å². The molecule has 1 saturated heterocycles. The molecular formula is C21H29F3IN3O3S. The van der Waals surface area contributed by atoms with Crippen LogP contribution in [0.3, 0.4) is 0 Å². The number of carbonyl (C=O) groups excluding carboxylic acids is 1. The van der Waals surface area contributed by atoms with E-state index in [-0.39, 0.29) is 26.9 Å². The molecule has 1 aliphatic heterocycles. The van der Waals surface area contributed by atoms with E-state index in [0.29, 0.717) is 38.3 Å². The van der Waals surface area contributed by atoms with Crippen molar-refractivity contribution in [1.82, 2.24) is 9.21 Å². The van der Waals surface area contributed by atoms with Crippen LogP contribution in [-0.4, -0.2) is 52.2 Å². The van der Waals surface area contributed by atoms with Crippen LogP contribution in [0.2, 0.25) is 0 Å². The van der Waals surface area contributed by atoms with Gasteiger partial charge in [-0.3, -0.25) is 4.79 Å². The van der Waals surface area contributed by atoms with Crippen LogP contribution in [0.15, 0.2) is 29.2 Å². The summed E-state index contributed by atoms with van der Waals surface area (Å²) in [7, 11) is -4.12. The molecule has 11 heteroatoms. The SMILES string of the molecule is CC(C)(C)C(N)C(=O)N1CCC(N(C2CC2)S(=O)(=O)c2cccc(C(F)(F)F)c2)CC1I. The summed E-state index contributed by atoms with van der Waals surface area (Å²) in [6, 6.07) is 2.61. The Labute approximate surface area is 200 Å². The van der Waals surface area contributed by atoms with Crippen LogP contribution in [0.4, 0.5) is 13.2 Å². The molecule has 0 radical (unpaired) electrons. The molecule has 1 aliphatic carbocycles. The maximum absolute atomic E-state index is 13.4. The standard InChI is InChI=1S/C21H29F3IN3O3S/c1-20(2,3)18(26)19(29)27-10-9-15(12-17(27)25)28(14-7-8-14)32(30,31)16-6-4-5-13(11-16)21(22,23)24/h4-6,11,14-15,17-18H,7-10,12,26H2,1-3H3. The smallest absolute Gasteiger partial charge is 0.329 e. The summed E-state index contributed by atoms with van der Waals surface area (Å²) in [6.45, 7) is 6.02. The molecule has 3 atom stereocenters. The zero-order chi connectivity index (χ0) is 24.1. The van der Waals surface area contributed by atoms with Crippen LogP contribution in [0, 0.1) is 5.41 Å². The minimum absolute atomic E-state index is 0.172. The fraction of sp³-hybridized carbons (Fsp3) is 0.667. The van der Waals surface area contributed by atoms with Crippen LogP contribution in [-0.2, 0) is 21.0 Å². The van der Waals surface area contributed by atoms with Crippen molar-refractivity contribution in [2.75, 3.05) is 6.54 Å². The molecule has 0 bridgehead atoms. The lowest BCUT2D eigenvalue weighted by Crippen LogP contribution is -2.57. The minimum atomic E-state index is -4.62. The van der Waals surface area contributed by atoms with E-state index in [4.69, 9.17) is 5.73 Å². The van der Waals surface area contributed by atoms with Gasteiger partial charge in [-0.25, -0.2) is 8.42 Å². The number of benzene rings is 1. The minimum Gasteiger partial charge on any atom is -0.329 e. The Kier molecular flexibility index (Phi) is 7.25. The number of alkyl halides is 4. The van der Waals surface area contributed by atoms with Crippen LogP contribution in [0.1, 0.15) is 52.0 Å². The van der Waals surface area contributed by atoms with E-state index in [0.717, 1.165) is 12.1 Å². The zero-order valence-electron chi connectivity index (χ0n) is 18.3. The number of likely N-dealkylation sites (tertiary alicyclic amines) is 1. The molecule has 1 heterocycles. The second-order valence-corrected chi connectivity index (χ2v) is 12.9. The zero-order valence-corrected chi connectivity index (χ0v) is 21.2. The Bertz CT molecular complexity index is 961. The van der Waals surface area contributed by atoms with Crippen LogP contribution in [0.25, 0.3) is 0 Å². The highest BCUT2D eigenvalue weighted by atomic mass is 127. The maximum Gasteiger partial charge on any atom is 0.416 e. The third-order valence-corrected chi connectivity index (χ3v) is 9.18. The average Bonchev–Trinajstić information content (AvgIpc) is 3.50. The number of nitrogens with zero attached hydrogens (tertiary/aromatic N) is 2. The van der Waals surface area contributed by atoms with Gasteiger partial charge in [0.2, 0.25) is 15.9 Å². The number of sulfonamides is 1. The van der Waals surface area contributed by atoms with Gasteiger partial charge in [0.05, 0.1) is 20.5 Å². The predicted molar refractivity (Wildman–Crippen MR) is 123 cm³/mol. The van der Waals surface area contributed by atoms with Gasteiger partial charge in [0.1, 0.15) is 0 Å². The Balaban J connectivity index is 1.83. The number of nitrogens with two attached hydrogens (primary N) is 1. The normalized spacial score (nSPS) is 24.0. The first-order chi connectivity index (χ1) is 14.6. The number of halogens is 4. The van der Waals surface area contributed by atoms with E-state index in [9.17, 15) is 26.4 Å². The summed E-state index contributed by atoms with van der Waals surface area (Å²) >= 11 is 2.13. The van der Waals surface area contributed by atoms with E-state index in [1.165, 1.54) is 10.4 Å². The molecule has 3 rings (SSSR count). The molecule has 180 valence electrons. The summed E-state index contributed by atoms with van der Waals surface area (Å²) in [5, 5.41) is 0. The number of carbonyl (C=O) groups is 1. The van der Waals surface area contributed by atoms with Gasteiger partial charge in [0, 0.05) is 18.6 Å². The van der Waals surface area contributed by atoms with E-state index in [1.807, 2.05) is 20.8 Å². The largest absolute Gasteiger partial charge is 0.416 e. The summed E-state index contributed by atoms with van der Waals surface area (Å²) in [5.74, 6) is -0.172. The Morgan fingerprint density at radius 1 is 1.19 bits per heavy atom. The van der Waals surface area contributed by atoms with Crippen molar-refractivity contribution in [3.8, 4) is 0 Å². The van der Waals surface area contributed by atoms with Gasteiger partial charge in [-0.1, -0.05) is 49.4 Å². The van der Waals surface area contributed by atoms with Gasteiger partial charge in [-0.2, -0.15) is 17.5 Å². The molecule has 0 aromatic heterocycles. The van der Waals surface area contributed by atoms with Crippen molar-refractivity contribution in [3.63, 3.8) is 0 Å². The first kappa shape index (κ1) is 25.7. The number of hydrogen-bond donors (Lipinski definition) is 1. The van der Waals surface area contributed by atoms with Gasteiger partial charge in [-0.05, 0) is 49.3 Å². The predicted octanol–water partition coefficient (Wildman–Crippen LogP) is 3.98. The fourth-order valence-corrected chi connectivity index (χ4v) is 7.00. The number of piperidine rings is 1. The molecule has 1 aromatic carbocycles. The quantitative estimate of drug-likeness (QED) is 0.321. The van der Waals surface area contributed by atoms with Gasteiger partial charge in [-0.15, -0.1) is 0 Å². The van der Waals surface area contributed by atoms with Crippen LogP contribution < -0.4 is 5.73 Å². The topological polar surface area (TPSA) is 83.7 Å². The summed E-state index contributed by atoms with van der Waals surface area (Å²) in [4.78, 5) is 14.2. The summed E-state index contributed by atoms with van der Waals surface area (Å²) in [6.07, 6.45) is -2.45. The third-order valence-electron chi connectivity index (χ3n) is 5.99. The second kappa shape index (κ2) is 9.03. The van der Waals surface area contributed by atoms with Crippen molar-refractivity contribution in [1.29, 1.82) is 0 Å². The molecule has 1 amide bonds. The third kappa shape index (κ3) is 5.41. The van der Waals surface area contributed by atoms with Crippen molar-refractivity contribution < 1.29 is 26.4 Å². The summed E-state index contributed by atoms with van der Waals surface area (Å²) < 4.78 is 67.4. The van der Waals surface area contributed by atoms with Gasteiger partial charge >= 0.3 is 6.18 Å². The van der Waals surface area contributed by atoms with Crippen molar-refractivity contribution in [3.05, 3.63) is 29.8 Å². The Hall–Kier alpha value is -0.920. The van der Waals surface area contributed by atoms with Crippen molar-refractivity contribution in [2.24, 2.45) is 11.1 Å². The molecule has 6 nitrogen and oxygen atoms in total. The second-order valence-electron chi connectivity index (χ2n) is 9.58. The van der Waals surface area contributed by atoms with Gasteiger partial charge in [0.15, 0.2) is 0 Å². The number of rotatable bonds is 5. The lowest BCUT2D eigenvalue weighted by molar-refractivity contribution is -0.138. The van der Waals surface area contributed by atoms with Gasteiger partial charge < -0.3 is 10.6 Å². The highest BCUT2D eigenvalue weighted by molar-refractivity contribution is 14.1. The molecule has 1 aromatic rings. The lowest BCUT2D eigenvalue weighted by atomic mass is 9.86. The van der Waals surface area contributed by atoms with Gasteiger partial charge in [0.25, 0.3) is 0 Å². The van der Waals surface area contributed by atoms with E-state index in [2.05, 4.69) is 22.6 Å². The maximum atomic E-state index is 13.4. The molecule has 0 spiro atoms. The molecule has 2 N–H and O–H groups in total. The van der Waals surface area contributed by atoms with E-state index >= 15 is 0 Å². The summed E-state index contributed by atoms with van der Waals surface area (Å²) in [5.41, 5.74) is 4.75. The Morgan fingerprint density at radius 2 is 1.81 bits per heavy atom. The lowest BCUT2D eigenvalue weighted by Gasteiger charge is -2.43. The highest BCUT2D eigenvalue weighted by Crippen LogP contribution is 2.40. The molecule has 1 saturated carbocycles. The molecule has 3 unspecified atom stereocenters. The Morgan fingerprint density at radius 3 is 2.31 bits per heavy atom.